The molecule has 0 bridgehead atoms. The Bertz CT molecular complexity index is 1040. The van der Waals surface area contributed by atoms with Crippen molar-refractivity contribution in [1.29, 1.82) is 0 Å². The van der Waals surface area contributed by atoms with Crippen molar-refractivity contribution in [2.45, 2.75) is 38.8 Å². The number of likely N-dealkylation sites (tertiary alicyclic amines) is 1. The number of benzene rings is 1. The molecular weight excluding hydrogens is 429 g/mol. The third-order valence-electron chi connectivity index (χ3n) is 5.78. The van der Waals surface area contributed by atoms with E-state index in [1.807, 2.05) is 12.1 Å². The number of aromatic nitrogens is 1. The molecule has 164 valence electrons. The number of carbonyl (C=O) groups is 1. The molecule has 1 fully saturated rings. The molecule has 0 unspecified atom stereocenters. The SMILES string of the molecule is CCOC(=O)N1CCC(=C2c3ccc(Cl)cc3CCc3cc(C(F)(F)F)cnc32)CC1. The van der Waals surface area contributed by atoms with Crippen molar-refractivity contribution in [3.63, 3.8) is 0 Å². The van der Waals surface area contributed by atoms with Gasteiger partial charge >= 0.3 is 12.3 Å². The molecule has 1 amide bonds. The van der Waals surface area contributed by atoms with Crippen LogP contribution in [0.15, 0.2) is 36.0 Å². The highest BCUT2D eigenvalue weighted by molar-refractivity contribution is 6.30. The minimum Gasteiger partial charge on any atom is -0.450 e. The summed E-state index contributed by atoms with van der Waals surface area (Å²) in [5.41, 5.74) is 4.34. The molecular formula is C23H22ClF3N2O2. The second-order valence-electron chi connectivity index (χ2n) is 7.70. The van der Waals surface area contributed by atoms with E-state index in [1.54, 1.807) is 17.9 Å². The first-order chi connectivity index (χ1) is 14.8. The van der Waals surface area contributed by atoms with E-state index in [1.165, 1.54) is 6.07 Å². The summed E-state index contributed by atoms with van der Waals surface area (Å²) in [5, 5.41) is 0.593. The van der Waals surface area contributed by atoms with Gasteiger partial charge in [-0.25, -0.2) is 4.79 Å². The van der Waals surface area contributed by atoms with Gasteiger partial charge in [0.05, 0.1) is 17.9 Å². The summed E-state index contributed by atoms with van der Waals surface area (Å²) in [7, 11) is 0. The fourth-order valence-corrected chi connectivity index (χ4v) is 4.47. The first kappa shape index (κ1) is 21.7. The van der Waals surface area contributed by atoms with Crippen LogP contribution in [-0.2, 0) is 23.8 Å². The van der Waals surface area contributed by atoms with Crippen LogP contribution in [0.25, 0.3) is 5.57 Å². The van der Waals surface area contributed by atoms with Crippen molar-refractivity contribution in [3.8, 4) is 0 Å². The van der Waals surface area contributed by atoms with Crippen LogP contribution < -0.4 is 0 Å². The highest BCUT2D eigenvalue weighted by Crippen LogP contribution is 2.40. The van der Waals surface area contributed by atoms with Gasteiger partial charge in [-0.05, 0) is 67.5 Å². The molecule has 8 heteroatoms. The summed E-state index contributed by atoms with van der Waals surface area (Å²) in [6, 6.07) is 6.81. The summed E-state index contributed by atoms with van der Waals surface area (Å²) >= 11 is 6.20. The molecule has 1 aliphatic carbocycles. The van der Waals surface area contributed by atoms with E-state index in [4.69, 9.17) is 16.3 Å². The van der Waals surface area contributed by atoms with Crippen LogP contribution in [-0.4, -0.2) is 35.7 Å². The monoisotopic (exact) mass is 450 g/mol. The van der Waals surface area contributed by atoms with Gasteiger partial charge in [0.15, 0.2) is 0 Å². The minimum atomic E-state index is -4.44. The van der Waals surface area contributed by atoms with E-state index < -0.39 is 11.7 Å². The number of carbonyl (C=O) groups excluding carboxylic acids is 1. The quantitative estimate of drug-likeness (QED) is 0.542. The molecule has 0 spiro atoms. The van der Waals surface area contributed by atoms with E-state index in [0.29, 0.717) is 61.7 Å². The van der Waals surface area contributed by atoms with Gasteiger partial charge in [-0.15, -0.1) is 0 Å². The first-order valence-electron chi connectivity index (χ1n) is 10.3. The zero-order valence-corrected chi connectivity index (χ0v) is 17.8. The number of pyridine rings is 1. The number of halogens is 4. The van der Waals surface area contributed by atoms with Gasteiger partial charge < -0.3 is 9.64 Å². The third kappa shape index (κ3) is 4.42. The number of piperidine rings is 1. The molecule has 31 heavy (non-hydrogen) atoms. The Morgan fingerprint density at radius 2 is 1.84 bits per heavy atom. The van der Waals surface area contributed by atoms with E-state index >= 15 is 0 Å². The van der Waals surface area contributed by atoms with Crippen molar-refractivity contribution in [2.75, 3.05) is 19.7 Å². The van der Waals surface area contributed by atoms with Crippen molar-refractivity contribution < 1.29 is 22.7 Å². The number of nitrogens with zero attached hydrogens (tertiary/aromatic N) is 2. The Balaban J connectivity index is 1.79. The maximum absolute atomic E-state index is 13.3. The summed E-state index contributed by atoms with van der Waals surface area (Å²) in [4.78, 5) is 18.0. The summed E-state index contributed by atoms with van der Waals surface area (Å²) in [6.45, 7) is 3.07. The van der Waals surface area contributed by atoms with Gasteiger partial charge in [0.2, 0.25) is 0 Å². The molecule has 1 aromatic carbocycles. The van der Waals surface area contributed by atoms with Crippen LogP contribution >= 0.6 is 11.6 Å². The van der Waals surface area contributed by atoms with Crippen molar-refractivity contribution in [3.05, 3.63) is 69.0 Å². The second-order valence-corrected chi connectivity index (χ2v) is 8.13. The summed E-state index contributed by atoms with van der Waals surface area (Å²) in [5.74, 6) is 0. The Morgan fingerprint density at radius 1 is 1.13 bits per heavy atom. The molecule has 0 N–H and O–H groups in total. The number of fused-ring (bicyclic) bond motifs is 2. The lowest BCUT2D eigenvalue weighted by atomic mass is 9.88. The van der Waals surface area contributed by atoms with Crippen LogP contribution in [0.3, 0.4) is 0 Å². The average molecular weight is 451 g/mol. The second kappa shape index (κ2) is 8.54. The first-order valence-corrected chi connectivity index (χ1v) is 10.6. The average Bonchev–Trinajstić information content (AvgIpc) is 2.89. The van der Waals surface area contributed by atoms with Gasteiger partial charge in [-0.1, -0.05) is 23.2 Å². The largest absolute Gasteiger partial charge is 0.450 e. The zero-order valence-electron chi connectivity index (χ0n) is 17.1. The van der Waals surface area contributed by atoms with Crippen LogP contribution in [0, 0.1) is 0 Å². The van der Waals surface area contributed by atoms with Crippen LogP contribution in [0.5, 0.6) is 0 Å². The van der Waals surface area contributed by atoms with Gasteiger partial charge in [0, 0.05) is 29.9 Å². The number of hydrogen-bond acceptors (Lipinski definition) is 3. The lowest BCUT2D eigenvalue weighted by Gasteiger charge is -2.29. The number of amides is 1. The number of aryl methyl sites for hydroxylation is 2. The topological polar surface area (TPSA) is 42.4 Å². The summed E-state index contributed by atoms with van der Waals surface area (Å²) in [6.07, 6.45) is -1.62. The van der Waals surface area contributed by atoms with Crippen molar-refractivity contribution in [1.82, 2.24) is 9.88 Å². The number of alkyl halides is 3. The normalized spacial score (nSPS) is 16.5. The molecule has 4 nitrogen and oxygen atoms in total. The van der Waals surface area contributed by atoms with Crippen molar-refractivity contribution >= 4 is 23.3 Å². The van der Waals surface area contributed by atoms with Gasteiger partial charge in [-0.3, -0.25) is 4.98 Å². The Morgan fingerprint density at radius 3 is 2.52 bits per heavy atom. The van der Waals surface area contributed by atoms with Crippen LogP contribution in [0.4, 0.5) is 18.0 Å². The molecule has 0 radical (unpaired) electrons. The molecule has 1 aromatic heterocycles. The summed E-state index contributed by atoms with van der Waals surface area (Å²) < 4.78 is 45.0. The van der Waals surface area contributed by atoms with E-state index in [0.717, 1.165) is 28.5 Å². The molecule has 0 atom stereocenters. The minimum absolute atomic E-state index is 0.316. The third-order valence-corrected chi connectivity index (χ3v) is 6.01. The molecule has 2 aliphatic rings. The fourth-order valence-electron chi connectivity index (χ4n) is 4.27. The maximum atomic E-state index is 13.3. The van der Waals surface area contributed by atoms with Gasteiger partial charge in [0.1, 0.15) is 0 Å². The molecule has 1 aliphatic heterocycles. The highest BCUT2D eigenvalue weighted by atomic mass is 35.5. The van der Waals surface area contributed by atoms with Gasteiger partial charge in [-0.2, -0.15) is 13.2 Å². The number of ether oxygens (including phenoxy) is 1. The molecule has 2 aromatic rings. The maximum Gasteiger partial charge on any atom is 0.417 e. The molecule has 1 saturated heterocycles. The van der Waals surface area contributed by atoms with Crippen molar-refractivity contribution in [2.24, 2.45) is 0 Å². The van der Waals surface area contributed by atoms with E-state index in [2.05, 4.69) is 4.98 Å². The predicted octanol–water partition coefficient (Wildman–Crippen LogP) is 5.91. The Labute approximate surface area is 183 Å². The Kier molecular flexibility index (Phi) is 5.97. The predicted molar refractivity (Wildman–Crippen MR) is 112 cm³/mol. The molecule has 2 heterocycles. The number of rotatable bonds is 1. The fraction of sp³-hybridized carbons (Fsp3) is 0.391. The number of hydrogen-bond donors (Lipinski definition) is 0. The lowest BCUT2D eigenvalue weighted by Crippen LogP contribution is -2.37. The van der Waals surface area contributed by atoms with Crippen LogP contribution in [0.2, 0.25) is 5.02 Å². The van der Waals surface area contributed by atoms with Gasteiger partial charge in [0.25, 0.3) is 0 Å². The van der Waals surface area contributed by atoms with E-state index in [9.17, 15) is 18.0 Å². The molecule has 4 rings (SSSR count). The van der Waals surface area contributed by atoms with E-state index in [-0.39, 0.29) is 6.09 Å². The molecule has 0 saturated carbocycles. The lowest BCUT2D eigenvalue weighted by molar-refractivity contribution is -0.137. The Hall–Kier alpha value is -2.54. The zero-order chi connectivity index (χ0) is 22.2. The highest BCUT2D eigenvalue weighted by Gasteiger charge is 2.33. The smallest absolute Gasteiger partial charge is 0.417 e. The van der Waals surface area contributed by atoms with Crippen LogP contribution in [0.1, 0.15) is 47.7 Å². The standard InChI is InChI=1S/C23H22ClF3N2O2/c1-2-31-22(30)29-9-7-14(8-10-29)20-19-6-5-18(24)12-15(19)3-4-16-11-17(23(25,26)27)13-28-21(16)20/h5-6,11-13H,2-4,7-10H2,1H3.